The molecule has 222 valence electrons. The van der Waals surface area contributed by atoms with E-state index >= 15 is 0 Å². The molecule has 4 aliphatic carbocycles. The van der Waals surface area contributed by atoms with Crippen LogP contribution in [0.5, 0.6) is 0 Å². The van der Waals surface area contributed by atoms with Crippen molar-refractivity contribution in [1.29, 1.82) is 0 Å². The highest BCUT2D eigenvalue weighted by Crippen LogP contribution is 2.65. The maximum atomic E-state index is 14.2. The topological polar surface area (TPSA) is 151 Å². The van der Waals surface area contributed by atoms with Crippen LogP contribution in [0.3, 0.4) is 0 Å². The lowest BCUT2D eigenvalue weighted by Gasteiger charge is -2.37. The molecule has 5 aliphatic rings. The number of hydrogen-bond acceptors (Lipinski definition) is 5. The van der Waals surface area contributed by atoms with Gasteiger partial charge in [0.1, 0.15) is 12.1 Å². The fourth-order valence-corrected chi connectivity index (χ4v) is 7.80. The van der Waals surface area contributed by atoms with E-state index in [1.807, 2.05) is 0 Å². The van der Waals surface area contributed by atoms with Crippen LogP contribution < -0.4 is 21.7 Å². The lowest BCUT2D eigenvalue weighted by atomic mass is 9.83. The van der Waals surface area contributed by atoms with Gasteiger partial charge in [-0.3, -0.25) is 19.2 Å². The SMILES string of the molecule is CC1(C)[C@@H]2[C@@H](C(=O)NC(CC3CC3)C(=O)C(N)=O)N(C(=O)[C@@H](NC(=O)NC3CCCCC3)C3CCCCC3)C[C@@H]21. The molecule has 40 heavy (non-hydrogen) atoms. The normalized spacial score (nSPS) is 29.6. The van der Waals surface area contributed by atoms with Gasteiger partial charge < -0.3 is 26.6 Å². The molecule has 0 aromatic rings. The average molecular weight is 558 g/mol. The maximum Gasteiger partial charge on any atom is 0.315 e. The average Bonchev–Trinajstić information content (AvgIpc) is 3.79. The Morgan fingerprint density at radius 3 is 2.10 bits per heavy atom. The summed E-state index contributed by atoms with van der Waals surface area (Å²) < 4.78 is 0. The van der Waals surface area contributed by atoms with Crippen molar-refractivity contribution in [1.82, 2.24) is 20.9 Å². The number of primary amides is 1. The van der Waals surface area contributed by atoms with Crippen LogP contribution >= 0.6 is 0 Å². The molecule has 10 nitrogen and oxygen atoms in total. The highest BCUT2D eigenvalue weighted by Gasteiger charge is 2.69. The van der Waals surface area contributed by atoms with Crippen molar-refractivity contribution in [2.24, 2.45) is 34.8 Å². The number of nitrogens with one attached hydrogen (secondary N) is 3. The fraction of sp³-hybridized carbons (Fsp3) is 0.833. The summed E-state index contributed by atoms with van der Waals surface area (Å²) in [6.07, 6.45) is 12.5. The van der Waals surface area contributed by atoms with E-state index in [0.717, 1.165) is 70.6 Å². The third-order valence-corrected chi connectivity index (χ3v) is 10.5. The van der Waals surface area contributed by atoms with Crippen LogP contribution in [-0.4, -0.2) is 65.1 Å². The molecule has 5 fully saturated rings. The molecule has 10 heteroatoms. The van der Waals surface area contributed by atoms with E-state index in [-0.39, 0.29) is 41.1 Å². The number of amides is 5. The van der Waals surface area contributed by atoms with Crippen molar-refractivity contribution in [3.8, 4) is 0 Å². The molecular weight excluding hydrogens is 510 g/mol. The molecule has 1 saturated heterocycles. The molecule has 5 rings (SSSR count). The summed E-state index contributed by atoms with van der Waals surface area (Å²) in [5.74, 6) is -2.01. The van der Waals surface area contributed by atoms with Gasteiger partial charge in [-0.1, -0.05) is 65.2 Å². The standard InChI is InChI=1S/C30H47N5O5/c1-30(2)20-16-35(24(22(20)30)27(38)33-21(15-17-13-14-17)25(36)26(31)37)28(39)23(18-9-5-3-6-10-18)34-29(40)32-19-11-7-4-8-12-19/h17-24H,3-16H2,1-2H3,(H2,31,37)(H,33,38)(H2,32,34,40)/t20-,21?,22-,23-,24-/m0/s1. The number of rotatable bonds is 10. The Kier molecular flexibility index (Phi) is 8.43. The van der Waals surface area contributed by atoms with Crippen molar-refractivity contribution in [3.63, 3.8) is 0 Å². The molecule has 1 unspecified atom stereocenters. The van der Waals surface area contributed by atoms with Gasteiger partial charge in [0, 0.05) is 12.6 Å². The van der Waals surface area contributed by atoms with E-state index < -0.39 is 35.7 Å². The summed E-state index contributed by atoms with van der Waals surface area (Å²) in [5.41, 5.74) is 5.19. The summed E-state index contributed by atoms with van der Waals surface area (Å²) in [6, 6.07) is -2.60. The minimum atomic E-state index is -1.06. The third kappa shape index (κ3) is 6.15. The Hall–Kier alpha value is -2.65. The molecule has 5 atom stereocenters. The molecular formula is C30H47N5O5. The number of carbonyl (C=O) groups excluding carboxylic acids is 5. The molecule has 5 N–H and O–H groups in total. The van der Waals surface area contributed by atoms with Crippen LogP contribution in [-0.2, 0) is 19.2 Å². The van der Waals surface area contributed by atoms with Gasteiger partial charge in [-0.2, -0.15) is 0 Å². The molecule has 1 heterocycles. The summed E-state index contributed by atoms with van der Waals surface area (Å²) in [5, 5.41) is 8.95. The van der Waals surface area contributed by atoms with Crippen LogP contribution in [0.15, 0.2) is 0 Å². The highest BCUT2D eigenvalue weighted by atomic mass is 16.2. The predicted molar refractivity (Wildman–Crippen MR) is 149 cm³/mol. The zero-order chi connectivity index (χ0) is 28.6. The van der Waals surface area contributed by atoms with Gasteiger partial charge in [0.15, 0.2) is 0 Å². The van der Waals surface area contributed by atoms with Crippen LogP contribution in [0.2, 0.25) is 0 Å². The molecule has 0 aromatic heterocycles. The lowest BCUT2D eigenvalue weighted by Crippen LogP contribution is -2.60. The van der Waals surface area contributed by atoms with Crippen molar-refractivity contribution >= 4 is 29.5 Å². The van der Waals surface area contributed by atoms with E-state index in [1.54, 1.807) is 4.90 Å². The Balaban J connectivity index is 1.33. The zero-order valence-electron chi connectivity index (χ0n) is 24.1. The van der Waals surface area contributed by atoms with Gasteiger partial charge in [0.05, 0.1) is 6.04 Å². The second-order valence-corrected chi connectivity index (χ2v) is 13.7. The number of likely N-dealkylation sites (tertiary alicyclic amines) is 1. The first-order valence-electron chi connectivity index (χ1n) is 15.6. The summed E-state index contributed by atoms with van der Waals surface area (Å²) in [6.45, 7) is 4.66. The molecule has 1 aliphatic heterocycles. The van der Waals surface area contributed by atoms with Gasteiger partial charge in [0.25, 0.3) is 5.91 Å². The van der Waals surface area contributed by atoms with Gasteiger partial charge in [-0.25, -0.2) is 4.79 Å². The van der Waals surface area contributed by atoms with Gasteiger partial charge >= 0.3 is 6.03 Å². The Morgan fingerprint density at radius 1 is 0.875 bits per heavy atom. The van der Waals surface area contributed by atoms with E-state index in [4.69, 9.17) is 5.73 Å². The number of nitrogens with zero attached hydrogens (tertiary/aromatic N) is 1. The highest BCUT2D eigenvalue weighted by molar-refractivity contribution is 6.37. The van der Waals surface area contributed by atoms with Crippen molar-refractivity contribution in [2.75, 3.05) is 6.54 Å². The van der Waals surface area contributed by atoms with Crippen LogP contribution in [0.4, 0.5) is 4.79 Å². The third-order valence-electron chi connectivity index (χ3n) is 10.5. The van der Waals surface area contributed by atoms with Crippen molar-refractivity contribution in [2.45, 2.75) is 121 Å². The quantitative estimate of drug-likeness (QED) is 0.304. The maximum absolute atomic E-state index is 14.2. The molecule has 0 aromatic carbocycles. The first-order valence-corrected chi connectivity index (χ1v) is 15.6. The molecule has 0 bridgehead atoms. The van der Waals surface area contributed by atoms with E-state index in [2.05, 4.69) is 29.8 Å². The summed E-state index contributed by atoms with van der Waals surface area (Å²) in [7, 11) is 0. The largest absolute Gasteiger partial charge is 0.363 e. The van der Waals surface area contributed by atoms with Gasteiger partial charge in [-0.05, 0) is 61.2 Å². The van der Waals surface area contributed by atoms with Crippen LogP contribution in [0.1, 0.15) is 97.3 Å². The Labute approximate surface area is 237 Å². The van der Waals surface area contributed by atoms with Gasteiger partial charge in [-0.15, -0.1) is 0 Å². The number of nitrogens with two attached hydrogens (primary N) is 1. The van der Waals surface area contributed by atoms with E-state index in [1.165, 1.54) is 6.42 Å². The van der Waals surface area contributed by atoms with Crippen molar-refractivity contribution < 1.29 is 24.0 Å². The molecule has 5 amide bonds. The molecule has 0 radical (unpaired) electrons. The number of ketones is 1. The van der Waals surface area contributed by atoms with Gasteiger partial charge in [0.2, 0.25) is 17.6 Å². The predicted octanol–water partition coefficient (Wildman–Crippen LogP) is 2.39. The minimum absolute atomic E-state index is 0.0195. The molecule has 0 spiro atoms. The summed E-state index contributed by atoms with van der Waals surface area (Å²) in [4.78, 5) is 67.1. The second-order valence-electron chi connectivity index (χ2n) is 13.7. The number of piperidine rings is 1. The zero-order valence-corrected chi connectivity index (χ0v) is 24.1. The van der Waals surface area contributed by atoms with E-state index in [0.29, 0.717) is 18.9 Å². The first kappa shape index (κ1) is 28.9. The Bertz CT molecular complexity index is 1010. The smallest absolute Gasteiger partial charge is 0.315 e. The van der Waals surface area contributed by atoms with Crippen molar-refractivity contribution in [3.05, 3.63) is 0 Å². The Morgan fingerprint density at radius 2 is 1.50 bits per heavy atom. The van der Waals surface area contributed by atoms with Crippen LogP contribution in [0.25, 0.3) is 0 Å². The number of hydrogen-bond donors (Lipinski definition) is 4. The minimum Gasteiger partial charge on any atom is -0.363 e. The van der Waals surface area contributed by atoms with Crippen LogP contribution in [0, 0.1) is 29.1 Å². The number of Topliss-reactive ketones (excluding diaryl/α,β-unsaturated/α-hetero) is 1. The number of urea groups is 1. The fourth-order valence-electron chi connectivity index (χ4n) is 7.80. The first-order chi connectivity index (χ1) is 19.1. The van der Waals surface area contributed by atoms with E-state index in [9.17, 15) is 24.0 Å². The monoisotopic (exact) mass is 557 g/mol. The lowest BCUT2D eigenvalue weighted by molar-refractivity contribution is -0.144. The number of fused-ring (bicyclic) bond motifs is 1. The second kappa shape index (κ2) is 11.7. The molecule has 4 saturated carbocycles. The summed E-state index contributed by atoms with van der Waals surface area (Å²) >= 11 is 0. The number of carbonyl (C=O) groups is 5.